The summed E-state index contributed by atoms with van der Waals surface area (Å²) >= 11 is 0. The van der Waals surface area contributed by atoms with Crippen molar-refractivity contribution in [2.45, 2.75) is 57.5 Å². The average Bonchev–Trinajstić information content (AvgIpc) is 2.54. The number of carbonyl (C=O) groups is 2. The first-order valence-electron chi connectivity index (χ1n) is 6.53. The van der Waals surface area contributed by atoms with Gasteiger partial charge in [-0.05, 0) is 18.1 Å². The summed E-state index contributed by atoms with van der Waals surface area (Å²) in [4.78, 5) is 25.2. The summed E-state index contributed by atoms with van der Waals surface area (Å²) < 4.78 is 10.8. The van der Waals surface area contributed by atoms with Crippen LogP contribution < -0.4 is 0 Å². The van der Waals surface area contributed by atoms with Gasteiger partial charge in [0.1, 0.15) is 12.1 Å². The fraction of sp³-hybridized carbons (Fsp3) is 0.846. The van der Waals surface area contributed by atoms with Gasteiger partial charge in [-0.25, -0.2) is 4.79 Å². The normalized spacial score (nSPS) is 24.8. The summed E-state index contributed by atoms with van der Waals surface area (Å²) in [6, 6.07) is -0.521. The number of likely N-dealkylation sites (N-methyl/N-ethyl adjacent to an activating group) is 1. The Labute approximate surface area is 116 Å². The number of hydrogen-bond acceptors (Lipinski definition) is 4. The predicted molar refractivity (Wildman–Crippen MR) is 75.3 cm³/mol. The molecule has 1 saturated heterocycles. The summed E-state index contributed by atoms with van der Waals surface area (Å²) in [5, 5.41) is 0.0369. The number of amides is 1. The largest absolute Gasteiger partial charge is 0.467 e. The molecule has 0 bridgehead atoms. The molecule has 110 valence electrons. The molecule has 0 aromatic carbocycles. The molecule has 0 N–H and O–H groups in total. The van der Waals surface area contributed by atoms with Gasteiger partial charge in [-0.1, -0.05) is 20.8 Å². The molecule has 0 aromatic rings. The highest BCUT2D eigenvalue weighted by Crippen LogP contribution is 2.39. The Bertz CT molecular complexity index is 375. The highest BCUT2D eigenvalue weighted by atomic mass is 28.4. The number of nitrogens with zero attached hydrogens (tertiary/aromatic N) is 1. The third-order valence-electron chi connectivity index (χ3n) is 4.24. The lowest BCUT2D eigenvalue weighted by molar-refractivity contribution is -0.148. The second-order valence-corrected chi connectivity index (χ2v) is 11.3. The quantitative estimate of drug-likeness (QED) is 0.586. The van der Waals surface area contributed by atoms with E-state index in [1.807, 2.05) is 0 Å². The van der Waals surface area contributed by atoms with Crippen molar-refractivity contribution in [3.63, 3.8) is 0 Å². The van der Waals surface area contributed by atoms with Gasteiger partial charge in [0.15, 0.2) is 8.32 Å². The molecule has 1 heterocycles. The zero-order valence-electron chi connectivity index (χ0n) is 12.9. The van der Waals surface area contributed by atoms with Crippen molar-refractivity contribution in [1.82, 2.24) is 4.90 Å². The molecule has 0 unspecified atom stereocenters. The minimum absolute atomic E-state index is 0.0369. The van der Waals surface area contributed by atoms with E-state index in [-0.39, 0.29) is 16.9 Å². The molecular formula is C13H25NO4Si. The van der Waals surface area contributed by atoms with Crippen LogP contribution in [-0.2, 0) is 18.8 Å². The molecule has 19 heavy (non-hydrogen) atoms. The first-order chi connectivity index (χ1) is 8.51. The molecule has 1 fully saturated rings. The summed E-state index contributed by atoms with van der Waals surface area (Å²) in [6.45, 7) is 10.6. The Hall–Kier alpha value is -0.883. The molecule has 0 saturated carbocycles. The van der Waals surface area contributed by atoms with E-state index in [2.05, 4.69) is 33.9 Å². The third kappa shape index (κ3) is 3.17. The number of rotatable bonds is 3. The number of ether oxygens (including phenoxy) is 1. The van der Waals surface area contributed by atoms with Crippen molar-refractivity contribution in [1.29, 1.82) is 0 Å². The zero-order chi connectivity index (χ0) is 15.0. The molecule has 5 nitrogen and oxygen atoms in total. The van der Waals surface area contributed by atoms with Gasteiger partial charge in [-0.15, -0.1) is 0 Å². The maximum Gasteiger partial charge on any atom is 0.328 e. The lowest BCUT2D eigenvalue weighted by Gasteiger charge is -2.37. The molecule has 0 aliphatic carbocycles. The van der Waals surface area contributed by atoms with E-state index in [9.17, 15) is 9.59 Å². The Morgan fingerprint density at radius 1 is 1.37 bits per heavy atom. The van der Waals surface area contributed by atoms with E-state index in [1.54, 1.807) is 7.05 Å². The molecule has 1 aliphatic rings. The second-order valence-electron chi connectivity index (χ2n) is 6.59. The van der Waals surface area contributed by atoms with Crippen LogP contribution in [0, 0.1) is 0 Å². The van der Waals surface area contributed by atoms with E-state index in [4.69, 9.17) is 9.16 Å². The van der Waals surface area contributed by atoms with E-state index < -0.39 is 20.5 Å². The van der Waals surface area contributed by atoms with Crippen molar-refractivity contribution in [2.24, 2.45) is 0 Å². The molecule has 1 aliphatic heterocycles. The van der Waals surface area contributed by atoms with E-state index in [1.165, 1.54) is 12.0 Å². The molecule has 0 radical (unpaired) electrons. The predicted octanol–water partition coefficient (Wildman–Crippen LogP) is 1.78. The van der Waals surface area contributed by atoms with Crippen molar-refractivity contribution >= 4 is 20.2 Å². The third-order valence-corrected chi connectivity index (χ3v) is 8.73. The molecule has 2 atom stereocenters. The monoisotopic (exact) mass is 287 g/mol. The second kappa shape index (κ2) is 5.24. The highest BCUT2D eigenvalue weighted by molar-refractivity contribution is 6.74. The summed E-state index contributed by atoms with van der Waals surface area (Å²) in [5.41, 5.74) is 0. The maximum absolute atomic E-state index is 12.2. The fourth-order valence-electron chi connectivity index (χ4n) is 1.86. The van der Waals surface area contributed by atoms with Crippen molar-refractivity contribution < 1.29 is 18.8 Å². The number of likely N-dealkylation sites (tertiary alicyclic amines) is 1. The smallest absolute Gasteiger partial charge is 0.328 e. The van der Waals surface area contributed by atoms with Crippen LogP contribution in [0.1, 0.15) is 27.2 Å². The molecule has 0 spiro atoms. The Kier molecular flexibility index (Phi) is 4.46. The van der Waals surface area contributed by atoms with Crippen LogP contribution in [0.2, 0.25) is 18.1 Å². The standard InChI is InChI=1S/C13H25NO4Si/c1-13(2,3)19(6,7)18-10-8-9(12(16)17-5)14(4)11(10)15/h9-10H,8H2,1-7H3/t9-,10-/m1/s1. The lowest BCUT2D eigenvalue weighted by atomic mass is 10.2. The number of carbonyl (C=O) groups excluding carboxylic acids is 2. The van der Waals surface area contributed by atoms with Gasteiger partial charge in [0.2, 0.25) is 0 Å². The average molecular weight is 287 g/mol. The minimum atomic E-state index is -2.02. The van der Waals surface area contributed by atoms with E-state index in [0.29, 0.717) is 6.42 Å². The van der Waals surface area contributed by atoms with Crippen molar-refractivity contribution in [3.05, 3.63) is 0 Å². The van der Waals surface area contributed by atoms with Crippen molar-refractivity contribution in [3.8, 4) is 0 Å². The molecule has 1 rings (SSSR count). The topological polar surface area (TPSA) is 55.8 Å². The van der Waals surface area contributed by atoms with Gasteiger partial charge in [0.25, 0.3) is 5.91 Å². The lowest BCUT2D eigenvalue weighted by Crippen LogP contribution is -2.45. The van der Waals surface area contributed by atoms with E-state index in [0.717, 1.165) is 0 Å². The maximum atomic E-state index is 12.2. The van der Waals surface area contributed by atoms with Crippen LogP contribution >= 0.6 is 0 Å². The summed E-state index contributed by atoms with van der Waals surface area (Å²) in [7, 11) is 0.944. The van der Waals surface area contributed by atoms with Crippen LogP contribution in [-0.4, -0.2) is 51.4 Å². The van der Waals surface area contributed by atoms with E-state index >= 15 is 0 Å². The van der Waals surface area contributed by atoms with Gasteiger partial charge in [0.05, 0.1) is 7.11 Å². The Morgan fingerprint density at radius 2 is 1.89 bits per heavy atom. The van der Waals surface area contributed by atoms with Gasteiger partial charge < -0.3 is 14.1 Å². The van der Waals surface area contributed by atoms with Crippen LogP contribution in [0.15, 0.2) is 0 Å². The van der Waals surface area contributed by atoms with Gasteiger partial charge in [-0.3, -0.25) is 4.79 Å². The first-order valence-corrected chi connectivity index (χ1v) is 9.44. The van der Waals surface area contributed by atoms with Crippen LogP contribution in [0.4, 0.5) is 0 Å². The van der Waals surface area contributed by atoms with Gasteiger partial charge in [-0.2, -0.15) is 0 Å². The number of methoxy groups -OCH3 is 1. The van der Waals surface area contributed by atoms with Crippen LogP contribution in [0.25, 0.3) is 0 Å². The minimum Gasteiger partial charge on any atom is -0.467 e. The zero-order valence-corrected chi connectivity index (χ0v) is 13.9. The fourth-order valence-corrected chi connectivity index (χ4v) is 3.13. The Morgan fingerprint density at radius 3 is 2.32 bits per heavy atom. The van der Waals surface area contributed by atoms with Gasteiger partial charge >= 0.3 is 5.97 Å². The number of hydrogen-bond donors (Lipinski definition) is 0. The van der Waals surface area contributed by atoms with Crippen LogP contribution in [0.5, 0.6) is 0 Å². The molecule has 6 heteroatoms. The molecule has 0 aromatic heterocycles. The molecule has 1 amide bonds. The van der Waals surface area contributed by atoms with Crippen LogP contribution in [0.3, 0.4) is 0 Å². The van der Waals surface area contributed by atoms with Gasteiger partial charge in [0, 0.05) is 13.5 Å². The summed E-state index contributed by atoms with van der Waals surface area (Å²) in [5.74, 6) is -0.502. The Balaban J connectivity index is 2.82. The van der Waals surface area contributed by atoms with Crippen molar-refractivity contribution in [2.75, 3.05) is 14.2 Å². The molecular weight excluding hydrogens is 262 g/mol. The first kappa shape index (κ1) is 16.2. The number of esters is 1. The highest BCUT2D eigenvalue weighted by Gasteiger charge is 2.47. The summed E-state index contributed by atoms with van der Waals surface area (Å²) in [6.07, 6.45) is -0.135. The SMILES string of the molecule is COC(=O)[C@H]1C[C@@H](O[Si](C)(C)C(C)(C)C)C(=O)N1C.